The first-order chi connectivity index (χ1) is 8.49. The smallest absolute Gasteiger partial charge is 0.258 e. The molecule has 0 aliphatic heterocycles. The second-order valence-electron chi connectivity index (χ2n) is 3.59. The molecule has 0 N–H and O–H groups in total. The molecule has 0 aliphatic carbocycles. The number of nitrogens with zero attached hydrogens (tertiary/aromatic N) is 3. The molecule has 2 aromatic rings. The minimum atomic E-state index is -0.874. The number of hydrogen-bond donors (Lipinski definition) is 0. The second-order valence-corrected chi connectivity index (χ2v) is 3.92. The first kappa shape index (κ1) is 12.4. The minimum Gasteiger partial charge on any atom is -0.258 e. The summed E-state index contributed by atoms with van der Waals surface area (Å²) in [5.41, 5.74) is 0.807. The third-order valence-corrected chi connectivity index (χ3v) is 2.57. The van der Waals surface area contributed by atoms with Crippen LogP contribution in [-0.2, 0) is 0 Å². The van der Waals surface area contributed by atoms with Gasteiger partial charge in [0, 0.05) is 17.8 Å². The largest absolute Gasteiger partial charge is 0.305 e. The number of nitro groups is 1. The van der Waals surface area contributed by atoms with Crippen molar-refractivity contribution in [2.45, 2.75) is 6.92 Å². The van der Waals surface area contributed by atoms with E-state index in [1.165, 1.54) is 6.20 Å². The highest BCUT2D eigenvalue weighted by atomic mass is 35.5. The number of hydrogen-bond acceptors (Lipinski definition) is 4. The van der Waals surface area contributed by atoms with E-state index in [4.69, 9.17) is 11.6 Å². The van der Waals surface area contributed by atoms with Crippen molar-refractivity contribution in [2.75, 3.05) is 0 Å². The van der Waals surface area contributed by atoms with Crippen molar-refractivity contribution in [3.05, 3.63) is 51.2 Å². The predicted molar refractivity (Wildman–Crippen MR) is 63.8 cm³/mol. The fourth-order valence-corrected chi connectivity index (χ4v) is 1.71. The normalized spacial score (nSPS) is 10.4. The lowest BCUT2D eigenvalue weighted by Crippen LogP contribution is -1.96. The monoisotopic (exact) mass is 267 g/mol. The van der Waals surface area contributed by atoms with E-state index in [1.807, 2.05) is 0 Å². The van der Waals surface area contributed by atoms with Crippen molar-refractivity contribution in [3.8, 4) is 11.3 Å². The summed E-state index contributed by atoms with van der Waals surface area (Å²) in [4.78, 5) is 17.6. The first-order valence-electron chi connectivity index (χ1n) is 4.92. The molecule has 2 rings (SSSR count). The topological polar surface area (TPSA) is 68.9 Å². The van der Waals surface area contributed by atoms with E-state index >= 15 is 0 Å². The lowest BCUT2D eigenvalue weighted by atomic mass is 10.0. The van der Waals surface area contributed by atoms with Crippen LogP contribution in [-0.4, -0.2) is 14.9 Å². The number of aromatic nitrogens is 2. The Kier molecular flexibility index (Phi) is 3.20. The van der Waals surface area contributed by atoms with Gasteiger partial charge in [0.05, 0.1) is 10.6 Å². The summed E-state index contributed by atoms with van der Waals surface area (Å²) in [6, 6.07) is 3.79. The van der Waals surface area contributed by atoms with Crippen LogP contribution in [0.1, 0.15) is 5.56 Å². The van der Waals surface area contributed by atoms with E-state index in [0.29, 0.717) is 16.8 Å². The molecule has 0 fully saturated rings. The van der Waals surface area contributed by atoms with Crippen molar-refractivity contribution in [1.82, 2.24) is 9.97 Å². The second kappa shape index (κ2) is 4.66. The Bertz CT molecular complexity index is 634. The molecular formula is C11H7ClFN3O2. The van der Waals surface area contributed by atoms with Crippen molar-refractivity contribution < 1.29 is 9.31 Å². The minimum absolute atomic E-state index is 0.0267. The number of benzene rings is 1. The molecule has 1 aromatic carbocycles. The number of aryl methyl sites for hydroxylation is 1. The molecule has 0 saturated carbocycles. The Morgan fingerprint density at radius 2 is 2.17 bits per heavy atom. The Morgan fingerprint density at radius 3 is 2.78 bits per heavy atom. The molecule has 0 bridgehead atoms. The molecule has 0 saturated heterocycles. The van der Waals surface area contributed by atoms with Gasteiger partial charge in [-0.05, 0) is 36.2 Å². The summed E-state index contributed by atoms with van der Waals surface area (Å²) in [7, 11) is 0. The van der Waals surface area contributed by atoms with Gasteiger partial charge in [0.15, 0.2) is 0 Å². The van der Waals surface area contributed by atoms with Crippen LogP contribution in [0.25, 0.3) is 11.3 Å². The van der Waals surface area contributed by atoms with Crippen molar-refractivity contribution in [3.63, 3.8) is 0 Å². The van der Waals surface area contributed by atoms with E-state index in [-0.39, 0.29) is 5.28 Å². The SMILES string of the molecule is Cc1cc(F)c([N+](=O)[O-])cc1-c1ccnc(Cl)n1. The zero-order valence-corrected chi connectivity index (χ0v) is 9.98. The van der Waals surface area contributed by atoms with Gasteiger partial charge in [-0.1, -0.05) is 0 Å². The maximum atomic E-state index is 13.4. The van der Waals surface area contributed by atoms with E-state index in [1.54, 1.807) is 13.0 Å². The molecule has 0 unspecified atom stereocenters. The Morgan fingerprint density at radius 1 is 1.44 bits per heavy atom. The van der Waals surface area contributed by atoms with Crippen LogP contribution in [0.15, 0.2) is 24.4 Å². The molecule has 5 nitrogen and oxygen atoms in total. The highest BCUT2D eigenvalue weighted by Gasteiger charge is 2.18. The van der Waals surface area contributed by atoms with Gasteiger partial charge in [-0.25, -0.2) is 9.97 Å². The van der Waals surface area contributed by atoms with Gasteiger partial charge in [0.1, 0.15) is 0 Å². The van der Waals surface area contributed by atoms with Crippen LogP contribution in [0, 0.1) is 22.9 Å². The zero-order valence-electron chi connectivity index (χ0n) is 9.22. The van der Waals surface area contributed by atoms with Gasteiger partial charge in [0.25, 0.3) is 0 Å². The zero-order chi connectivity index (χ0) is 13.3. The predicted octanol–water partition coefficient (Wildman–Crippen LogP) is 3.15. The maximum Gasteiger partial charge on any atom is 0.305 e. The summed E-state index contributed by atoms with van der Waals surface area (Å²) in [6.45, 7) is 1.64. The number of rotatable bonds is 2. The Balaban J connectivity index is 2.64. The highest BCUT2D eigenvalue weighted by molar-refractivity contribution is 6.28. The van der Waals surface area contributed by atoms with Gasteiger partial charge in [-0.3, -0.25) is 10.1 Å². The summed E-state index contributed by atoms with van der Waals surface area (Å²) in [5, 5.41) is 10.7. The molecule has 7 heteroatoms. The van der Waals surface area contributed by atoms with Gasteiger partial charge in [-0.2, -0.15) is 4.39 Å². The van der Waals surface area contributed by atoms with E-state index < -0.39 is 16.4 Å². The summed E-state index contributed by atoms with van der Waals surface area (Å²) in [5.74, 6) is -0.874. The van der Waals surface area contributed by atoms with Crippen molar-refractivity contribution in [1.29, 1.82) is 0 Å². The molecule has 0 amide bonds. The van der Waals surface area contributed by atoms with Crippen LogP contribution >= 0.6 is 11.6 Å². The summed E-state index contributed by atoms with van der Waals surface area (Å²) >= 11 is 5.65. The van der Waals surface area contributed by atoms with Crippen LogP contribution in [0.2, 0.25) is 5.28 Å². The van der Waals surface area contributed by atoms with Crippen LogP contribution in [0.3, 0.4) is 0 Å². The molecule has 0 radical (unpaired) electrons. The molecule has 0 spiro atoms. The van der Waals surface area contributed by atoms with Crippen molar-refractivity contribution in [2.24, 2.45) is 0 Å². The summed E-state index contributed by atoms with van der Waals surface area (Å²) < 4.78 is 13.4. The van der Waals surface area contributed by atoms with Gasteiger partial charge >= 0.3 is 5.69 Å². The quantitative estimate of drug-likeness (QED) is 0.476. The van der Waals surface area contributed by atoms with Crippen LogP contribution in [0.5, 0.6) is 0 Å². The molecular weight excluding hydrogens is 261 g/mol. The molecule has 1 aromatic heterocycles. The number of halogens is 2. The summed E-state index contributed by atoms with van der Waals surface area (Å²) in [6.07, 6.45) is 1.43. The highest BCUT2D eigenvalue weighted by Crippen LogP contribution is 2.28. The molecule has 1 heterocycles. The van der Waals surface area contributed by atoms with Gasteiger partial charge in [0.2, 0.25) is 11.1 Å². The molecule has 0 aliphatic rings. The van der Waals surface area contributed by atoms with Crippen LogP contribution < -0.4 is 0 Å². The molecule has 92 valence electrons. The molecule has 18 heavy (non-hydrogen) atoms. The average molecular weight is 268 g/mol. The Hall–Kier alpha value is -2.08. The van der Waals surface area contributed by atoms with E-state index in [0.717, 1.165) is 12.1 Å². The van der Waals surface area contributed by atoms with Crippen molar-refractivity contribution >= 4 is 17.3 Å². The van der Waals surface area contributed by atoms with Gasteiger partial charge < -0.3 is 0 Å². The average Bonchev–Trinajstić information content (AvgIpc) is 2.28. The van der Waals surface area contributed by atoms with Crippen LogP contribution in [0.4, 0.5) is 10.1 Å². The van der Waals surface area contributed by atoms with Gasteiger partial charge in [-0.15, -0.1) is 0 Å². The standard InChI is InChI=1S/C11H7ClFN3O2/c1-6-4-8(13)10(16(17)18)5-7(6)9-2-3-14-11(12)15-9/h2-5H,1H3. The van der Waals surface area contributed by atoms with E-state index in [9.17, 15) is 14.5 Å². The third-order valence-electron chi connectivity index (χ3n) is 2.39. The lowest BCUT2D eigenvalue weighted by molar-refractivity contribution is -0.387. The fourth-order valence-electron chi connectivity index (χ4n) is 1.56. The first-order valence-corrected chi connectivity index (χ1v) is 5.30. The lowest BCUT2D eigenvalue weighted by Gasteiger charge is -2.05. The number of nitro benzene ring substituents is 1. The third kappa shape index (κ3) is 2.28. The molecule has 0 atom stereocenters. The van der Waals surface area contributed by atoms with E-state index in [2.05, 4.69) is 9.97 Å². The Labute approximate surface area is 106 Å². The maximum absolute atomic E-state index is 13.4. The fraction of sp³-hybridized carbons (Fsp3) is 0.0909.